The first-order chi connectivity index (χ1) is 14.0. The molecule has 3 aromatic carbocycles. The van der Waals surface area contributed by atoms with Gasteiger partial charge in [0.2, 0.25) is 0 Å². The molecule has 0 saturated heterocycles. The topological polar surface area (TPSA) is 58.6 Å². The van der Waals surface area contributed by atoms with Gasteiger partial charge in [0.25, 0.3) is 10.0 Å². The summed E-state index contributed by atoms with van der Waals surface area (Å²) in [6, 6.07) is 23.5. The molecule has 0 amide bonds. The summed E-state index contributed by atoms with van der Waals surface area (Å²) in [7, 11) is -2.15. The van der Waals surface area contributed by atoms with Gasteiger partial charge in [0.1, 0.15) is 5.75 Å². The molecule has 29 heavy (non-hydrogen) atoms. The maximum atomic E-state index is 13.4. The normalized spacial score (nSPS) is 16.9. The van der Waals surface area contributed by atoms with Crippen molar-refractivity contribution in [1.29, 1.82) is 0 Å². The lowest BCUT2D eigenvalue weighted by Gasteiger charge is -2.25. The van der Waals surface area contributed by atoms with Gasteiger partial charge in [-0.3, -0.25) is 0 Å². The molecule has 1 aliphatic rings. The highest BCUT2D eigenvalue weighted by Crippen LogP contribution is 2.35. The van der Waals surface area contributed by atoms with Gasteiger partial charge in [0.15, 0.2) is 0 Å². The minimum absolute atomic E-state index is 0.251. The molecule has 5 nitrogen and oxygen atoms in total. The van der Waals surface area contributed by atoms with Crippen LogP contribution in [0.2, 0.25) is 0 Å². The molecule has 1 N–H and O–H groups in total. The number of benzene rings is 3. The first kappa shape index (κ1) is 19.2. The Hall–Kier alpha value is -3.09. The zero-order chi connectivity index (χ0) is 20.4. The van der Waals surface area contributed by atoms with Crippen LogP contribution in [-0.2, 0) is 10.0 Å². The van der Waals surface area contributed by atoms with E-state index < -0.39 is 16.1 Å². The lowest BCUT2D eigenvalue weighted by molar-refractivity contribution is 0.348. The van der Waals surface area contributed by atoms with Gasteiger partial charge in [0, 0.05) is 0 Å². The van der Waals surface area contributed by atoms with Crippen LogP contribution in [0.4, 0.5) is 0 Å². The maximum absolute atomic E-state index is 13.4. The number of rotatable bonds is 5. The number of nitrogens with one attached hydrogen (secondary N) is 1. The standard InChI is InChI=1S/C23H22N2O3S/c1-17-8-14-21(15-9-17)29(26,27)25-23(19-6-4-3-5-7-19)16-22(24-25)18-10-12-20(28-2)13-11-18/h3-16,23-24H,1-2H3/t23-/m0/s1. The molecule has 0 unspecified atom stereocenters. The Bertz CT molecular complexity index is 1120. The highest BCUT2D eigenvalue weighted by molar-refractivity contribution is 7.89. The van der Waals surface area contributed by atoms with Crippen LogP contribution in [0, 0.1) is 6.92 Å². The summed E-state index contributed by atoms with van der Waals surface area (Å²) in [5.74, 6) is 0.746. The van der Waals surface area contributed by atoms with Crippen molar-refractivity contribution in [2.75, 3.05) is 7.11 Å². The van der Waals surface area contributed by atoms with Crippen molar-refractivity contribution in [3.63, 3.8) is 0 Å². The summed E-state index contributed by atoms with van der Waals surface area (Å²) in [4.78, 5) is 0.251. The fourth-order valence-electron chi connectivity index (χ4n) is 3.30. The van der Waals surface area contributed by atoms with Crippen molar-refractivity contribution >= 4 is 15.7 Å². The molecular weight excluding hydrogens is 384 g/mol. The fourth-order valence-corrected chi connectivity index (χ4v) is 4.70. The monoisotopic (exact) mass is 406 g/mol. The number of hydrogen-bond donors (Lipinski definition) is 1. The van der Waals surface area contributed by atoms with Gasteiger partial charge < -0.3 is 10.2 Å². The van der Waals surface area contributed by atoms with Gasteiger partial charge in [-0.25, -0.2) is 8.42 Å². The molecule has 0 spiro atoms. The van der Waals surface area contributed by atoms with E-state index in [0.29, 0.717) is 0 Å². The van der Waals surface area contributed by atoms with Crippen LogP contribution in [-0.4, -0.2) is 19.9 Å². The molecule has 0 bridgehead atoms. The molecule has 1 aliphatic heterocycles. The maximum Gasteiger partial charge on any atom is 0.260 e. The summed E-state index contributed by atoms with van der Waals surface area (Å²) in [5.41, 5.74) is 6.63. The van der Waals surface area contributed by atoms with E-state index in [-0.39, 0.29) is 4.90 Å². The van der Waals surface area contributed by atoms with Crippen molar-refractivity contribution in [2.45, 2.75) is 17.9 Å². The largest absolute Gasteiger partial charge is 0.497 e. The Morgan fingerprint density at radius 1 is 0.897 bits per heavy atom. The Morgan fingerprint density at radius 3 is 2.17 bits per heavy atom. The molecule has 148 valence electrons. The average molecular weight is 407 g/mol. The van der Waals surface area contributed by atoms with Crippen molar-refractivity contribution in [3.8, 4) is 5.75 Å². The van der Waals surface area contributed by atoms with Gasteiger partial charge in [-0.05, 0) is 60.5 Å². The van der Waals surface area contributed by atoms with Crippen LogP contribution in [0.5, 0.6) is 5.75 Å². The molecule has 6 heteroatoms. The molecule has 1 heterocycles. The quantitative estimate of drug-likeness (QED) is 0.687. The summed E-state index contributed by atoms with van der Waals surface area (Å²) >= 11 is 0. The molecule has 0 aliphatic carbocycles. The Balaban J connectivity index is 1.75. The summed E-state index contributed by atoms with van der Waals surface area (Å²) < 4.78 is 33.4. The SMILES string of the molecule is COc1ccc(C2=C[C@@H](c3ccccc3)N(S(=O)(=O)c3ccc(C)cc3)N2)cc1. The van der Waals surface area contributed by atoms with Crippen LogP contribution in [0.25, 0.3) is 5.70 Å². The van der Waals surface area contributed by atoms with Crippen LogP contribution < -0.4 is 10.2 Å². The summed E-state index contributed by atoms with van der Waals surface area (Å²) in [5, 5.41) is 0. The van der Waals surface area contributed by atoms with E-state index in [1.807, 2.05) is 67.6 Å². The second-order valence-corrected chi connectivity index (χ2v) is 8.71. The van der Waals surface area contributed by atoms with E-state index in [1.165, 1.54) is 4.41 Å². The van der Waals surface area contributed by atoms with E-state index in [4.69, 9.17) is 4.74 Å². The number of nitrogens with zero attached hydrogens (tertiary/aromatic N) is 1. The minimum Gasteiger partial charge on any atom is -0.497 e. The van der Waals surface area contributed by atoms with Gasteiger partial charge >= 0.3 is 0 Å². The number of sulfonamides is 1. The van der Waals surface area contributed by atoms with Gasteiger partial charge in [-0.15, -0.1) is 4.41 Å². The van der Waals surface area contributed by atoms with Crippen LogP contribution in [0.15, 0.2) is 89.8 Å². The zero-order valence-electron chi connectivity index (χ0n) is 16.2. The molecule has 0 fully saturated rings. The molecule has 0 radical (unpaired) electrons. The van der Waals surface area contributed by atoms with Gasteiger partial charge in [-0.1, -0.05) is 48.0 Å². The molecule has 0 saturated carbocycles. The van der Waals surface area contributed by atoms with Crippen LogP contribution in [0.3, 0.4) is 0 Å². The lowest BCUT2D eigenvalue weighted by Crippen LogP contribution is -2.39. The predicted octanol–water partition coefficient (Wildman–Crippen LogP) is 4.29. The lowest BCUT2D eigenvalue weighted by atomic mass is 10.1. The predicted molar refractivity (Wildman–Crippen MR) is 113 cm³/mol. The molecule has 3 aromatic rings. The number of hydrogen-bond acceptors (Lipinski definition) is 4. The second-order valence-electron chi connectivity index (χ2n) is 6.89. The number of methoxy groups -OCH3 is 1. The van der Waals surface area contributed by atoms with Crippen molar-refractivity contribution in [3.05, 3.63) is 102 Å². The molecule has 4 rings (SSSR count). The summed E-state index contributed by atoms with van der Waals surface area (Å²) in [6.07, 6.45) is 1.93. The van der Waals surface area contributed by atoms with Gasteiger partial charge in [-0.2, -0.15) is 0 Å². The van der Waals surface area contributed by atoms with Crippen molar-refractivity contribution in [1.82, 2.24) is 9.84 Å². The van der Waals surface area contributed by atoms with E-state index in [2.05, 4.69) is 5.43 Å². The fraction of sp³-hybridized carbons (Fsp3) is 0.130. The van der Waals surface area contributed by atoms with Gasteiger partial charge in [0.05, 0.1) is 23.7 Å². The Morgan fingerprint density at radius 2 is 1.55 bits per heavy atom. The first-order valence-electron chi connectivity index (χ1n) is 9.28. The molecular formula is C23H22N2O3S. The highest BCUT2D eigenvalue weighted by Gasteiger charge is 2.36. The van der Waals surface area contributed by atoms with Crippen LogP contribution >= 0.6 is 0 Å². The van der Waals surface area contributed by atoms with Crippen LogP contribution in [0.1, 0.15) is 22.7 Å². The third-order valence-electron chi connectivity index (χ3n) is 4.93. The third kappa shape index (κ3) is 3.77. The van der Waals surface area contributed by atoms with E-state index in [0.717, 1.165) is 28.1 Å². The van der Waals surface area contributed by atoms with Crippen molar-refractivity contribution < 1.29 is 13.2 Å². The number of hydrazine groups is 1. The van der Waals surface area contributed by atoms with E-state index >= 15 is 0 Å². The molecule has 1 atom stereocenters. The second kappa shape index (κ2) is 7.73. The smallest absolute Gasteiger partial charge is 0.260 e. The number of aryl methyl sites for hydroxylation is 1. The Kier molecular flexibility index (Phi) is 5.13. The van der Waals surface area contributed by atoms with E-state index in [1.54, 1.807) is 31.4 Å². The number of ether oxygens (including phenoxy) is 1. The third-order valence-corrected chi connectivity index (χ3v) is 6.63. The summed E-state index contributed by atoms with van der Waals surface area (Å²) in [6.45, 7) is 1.93. The van der Waals surface area contributed by atoms with Crippen molar-refractivity contribution in [2.24, 2.45) is 0 Å². The Labute approximate surface area is 171 Å². The molecule has 0 aromatic heterocycles. The minimum atomic E-state index is -3.76. The highest BCUT2D eigenvalue weighted by atomic mass is 32.2. The van der Waals surface area contributed by atoms with E-state index in [9.17, 15) is 8.42 Å². The first-order valence-corrected chi connectivity index (χ1v) is 10.7. The zero-order valence-corrected chi connectivity index (χ0v) is 17.1. The average Bonchev–Trinajstić information content (AvgIpc) is 3.21.